The maximum absolute atomic E-state index is 12.5. The molecular formula is C19H21NO2. The van der Waals surface area contributed by atoms with Crippen LogP contribution in [0.2, 0.25) is 0 Å². The Bertz CT molecular complexity index is 652. The van der Waals surface area contributed by atoms with Gasteiger partial charge in [0.1, 0.15) is 0 Å². The Morgan fingerprint density at radius 3 is 2.64 bits per heavy atom. The lowest BCUT2D eigenvalue weighted by molar-refractivity contribution is 0.0930. The SMILES string of the molecule is O=C(NC(CCO)c1ccccc1)c1ccc2c(c1)CCC2. The molecule has 0 heterocycles. The molecule has 1 atom stereocenters. The number of aliphatic hydroxyl groups excluding tert-OH is 1. The highest BCUT2D eigenvalue weighted by atomic mass is 16.3. The first kappa shape index (κ1) is 14.8. The quantitative estimate of drug-likeness (QED) is 0.891. The third-order valence-corrected chi connectivity index (χ3v) is 4.29. The lowest BCUT2D eigenvalue weighted by atomic mass is 10.0. The number of aliphatic hydroxyl groups is 1. The largest absolute Gasteiger partial charge is 0.396 e. The zero-order valence-corrected chi connectivity index (χ0v) is 12.6. The van der Waals surface area contributed by atoms with Crippen molar-refractivity contribution in [2.24, 2.45) is 0 Å². The van der Waals surface area contributed by atoms with E-state index in [-0.39, 0.29) is 18.6 Å². The van der Waals surface area contributed by atoms with E-state index in [4.69, 9.17) is 0 Å². The monoisotopic (exact) mass is 295 g/mol. The van der Waals surface area contributed by atoms with Gasteiger partial charge in [0.25, 0.3) is 5.91 Å². The van der Waals surface area contributed by atoms with E-state index in [0.717, 1.165) is 18.4 Å². The van der Waals surface area contributed by atoms with Gasteiger partial charge in [0.05, 0.1) is 6.04 Å². The molecular weight excluding hydrogens is 274 g/mol. The van der Waals surface area contributed by atoms with E-state index in [1.54, 1.807) is 0 Å². The molecule has 0 aromatic heterocycles. The highest BCUT2D eigenvalue weighted by molar-refractivity contribution is 5.94. The van der Waals surface area contributed by atoms with E-state index in [1.165, 1.54) is 17.5 Å². The molecule has 22 heavy (non-hydrogen) atoms. The fraction of sp³-hybridized carbons (Fsp3) is 0.316. The van der Waals surface area contributed by atoms with E-state index in [0.29, 0.717) is 12.0 Å². The number of carbonyl (C=O) groups is 1. The summed E-state index contributed by atoms with van der Waals surface area (Å²) in [7, 11) is 0. The van der Waals surface area contributed by atoms with E-state index >= 15 is 0 Å². The molecule has 1 aliphatic carbocycles. The minimum Gasteiger partial charge on any atom is -0.396 e. The van der Waals surface area contributed by atoms with Crippen molar-refractivity contribution in [1.29, 1.82) is 0 Å². The van der Waals surface area contributed by atoms with Gasteiger partial charge in [-0.1, -0.05) is 36.4 Å². The van der Waals surface area contributed by atoms with Crippen molar-refractivity contribution in [3.05, 3.63) is 70.8 Å². The summed E-state index contributed by atoms with van der Waals surface area (Å²) in [6.45, 7) is 0.0457. The van der Waals surface area contributed by atoms with Crippen LogP contribution in [0.5, 0.6) is 0 Å². The highest BCUT2D eigenvalue weighted by Gasteiger charge is 2.17. The molecule has 0 spiro atoms. The molecule has 0 radical (unpaired) electrons. The van der Waals surface area contributed by atoms with Crippen LogP contribution in [0.15, 0.2) is 48.5 Å². The van der Waals surface area contributed by atoms with E-state index < -0.39 is 0 Å². The predicted molar refractivity (Wildman–Crippen MR) is 86.8 cm³/mol. The number of aryl methyl sites for hydroxylation is 2. The van der Waals surface area contributed by atoms with Gasteiger partial charge in [0.15, 0.2) is 0 Å². The Balaban J connectivity index is 1.76. The van der Waals surface area contributed by atoms with Crippen LogP contribution in [-0.4, -0.2) is 17.6 Å². The molecule has 2 aromatic rings. The van der Waals surface area contributed by atoms with Crippen LogP contribution < -0.4 is 5.32 Å². The summed E-state index contributed by atoms with van der Waals surface area (Å²) >= 11 is 0. The second-order valence-corrected chi connectivity index (χ2v) is 5.79. The fourth-order valence-electron chi connectivity index (χ4n) is 3.09. The molecule has 0 aliphatic heterocycles. The Labute approximate surface area is 131 Å². The molecule has 1 unspecified atom stereocenters. The lowest BCUT2D eigenvalue weighted by Gasteiger charge is -2.18. The molecule has 0 saturated carbocycles. The lowest BCUT2D eigenvalue weighted by Crippen LogP contribution is -2.29. The van der Waals surface area contributed by atoms with Gasteiger partial charge in [-0.05, 0) is 54.5 Å². The first-order valence-electron chi connectivity index (χ1n) is 7.86. The summed E-state index contributed by atoms with van der Waals surface area (Å²) in [5, 5.41) is 12.3. The number of hydrogen-bond donors (Lipinski definition) is 2. The second kappa shape index (κ2) is 6.75. The minimum atomic E-state index is -0.160. The van der Waals surface area contributed by atoms with Crippen LogP contribution >= 0.6 is 0 Å². The number of nitrogens with one attached hydrogen (secondary N) is 1. The summed E-state index contributed by atoms with van der Waals surface area (Å²) in [5.74, 6) is -0.0722. The number of amides is 1. The van der Waals surface area contributed by atoms with Crippen LogP contribution in [0.1, 0.15) is 45.9 Å². The van der Waals surface area contributed by atoms with Crippen LogP contribution in [0, 0.1) is 0 Å². The molecule has 3 heteroatoms. The number of rotatable bonds is 5. The number of fused-ring (bicyclic) bond motifs is 1. The Morgan fingerprint density at radius 1 is 1.09 bits per heavy atom. The standard InChI is InChI=1S/C19H21NO2/c21-12-11-18(15-5-2-1-3-6-15)20-19(22)17-10-9-14-7-4-8-16(14)13-17/h1-3,5-6,9-10,13,18,21H,4,7-8,11-12H2,(H,20,22). The maximum atomic E-state index is 12.5. The molecule has 0 fully saturated rings. The normalized spacial score (nSPS) is 14.4. The van der Waals surface area contributed by atoms with Crippen LogP contribution in [0.3, 0.4) is 0 Å². The van der Waals surface area contributed by atoms with Crippen LogP contribution in [0.25, 0.3) is 0 Å². The van der Waals surface area contributed by atoms with E-state index in [2.05, 4.69) is 11.4 Å². The van der Waals surface area contributed by atoms with Gasteiger partial charge < -0.3 is 10.4 Å². The molecule has 2 aromatic carbocycles. The molecule has 114 valence electrons. The predicted octanol–water partition coefficient (Wildman–Crippen LogP) is 3.03. The van der Waals surface area contributed by atoms with Crippen molar-refractivity contribution in [2.75, 3.05) is 6.61 Å². The summed E-state index contributed by atoms with van der Waals surface area (Å²) in [6.07, 6.45) is 3.88. The van der Waals surface area contributed by atoms with Crippen molar-refractivity contribution < 1.29 is 9.90 Å². The van der Waals surface area contributed by atoms with Crippen molar-refractivity contribution in [3.63, 3.8) is 0 Å². The van der Waals surface area contributed by atoms with Crippen LogP contribution in [0.4, 0.5) is 0 Å². The Kier molecular flexibility index (Phi) is 4.54. The maximum Gasteiger partial charge on any atom is 0.251 e. The topological polar surface area (TPSA) is 49.3 Å². The summed E-state index contributed by atoms with van der Waals surface area (Å²) in [6, 6.07) is 15.6. The summed E-state index contributed by atoms with van der Waals surface area (Å²) in [5.41, 5.74) is 4.39. The zero-order valence-electron chi connectivity index (χ0n) is 12.6. The molecule has 3 nitrogen and oxygen atoms in total. The van der Waals surface area contributed by atoms with Crippen molar-refractivity contribution in [3.8, 4) is 0 Å². The van der Waals surface area contributed by atoms with Gasteiger partial charge in [0, 0.05) is 12.2 Å². The average Bonchev–Trinajstić information content (AvgIpc) is 3.02. The number of carbonyl (C=O) groups excluding carboxylic acids is 1. The first-order chi connectivity index (χ1) is 10.8. The molecule has 2 N–H and O–H groups in total. The first-order valence-corrected chi connectivity index (χ1v) is 7.86. The Hall–Kier alpha value is -2.13. The second-order valence-electron chi connectivity index (χ2n) is 5.79. The van der Waals surface area contributed by atoms with Crippen molar-refractivity contribution in [1.82, 2.24) is 5.32 Å². The highest BCUT2D eigenvalue weighted by Crippen LogP contribution is 2.23. The smallest absolute Gasteiger partial charge is 0.251 e. The van der Waals surface area contributed by atoms with Gasteiger partial charge in [0.2, 0.25) is 0 Å². The number of hydrogen-bond acceptors (Lipinski definition) is 2. The molecule has 3 rings (SSSR count). The molecule has 0 saturated heterocycles. The van der Waals surface area contributed by atoms with Crippen molar-refractivity contribution >= 4 is 5.91 Å². The number of benzene rings is 2. The van der Waals surface area contributed by atoms with Gasteiger partial charge in [-0.2, -0.15) is 0 Å². The Morgan fingerprint density at radius 2 is 1.86 bits per heavy atom. The molecule has 1 amide bonds. The summed E-state index contributed by atoms with van der Waals surface area (Å²) < 4.78 is 0. The van der Waals surface area contributed by atoms with Gasteiger partial charge in [-0.3, -0.25) is 4.79 Å². The zero-order chi connectivity index (χ0) is 15.4. The molecule has 1 aliphatic rings. The third-order valence-electron chi connectivity index (χ3n) is 4.29. The fourth-order valence-corrected chi connectivity index (χ4v) is 3.09. The van der Waals surface area contributed by atoms with Crippen LogP contribution in [-0.2, 0) is 12.8 Å². The van der Waals surface area contributed by atoms with Gasteiger partial charge in [-0.25, -0.2) is 0 Å². The molecule has 0 bridgehead atoms. The van der Waals surface area contributed by atoms with E-state index in [9.17, 15) is 9.90 Å². The van der Waals surface area contributed by atoms with Gasteiger partial charge >= 0.3 is 0 Å². The van der Waals surface area contributed by atoms with Crippen molar-refractivity contribution in [2.45, 2.75) is 31.7 Å². The minimum absolute atomic E-state index is 0.0457. The van der Waals surface area contributed by atoms with E-state index in [1.807, 2.05) is 42.5 Å². The van der Waals surface area contributed by atoms with Gasteiger partial charge in [-0.15, -0.1) is 0 Å². The average molecular weight is 295 g/mol. The summed E-state index contributed by atoms with van der Waals surface area (Å²) in [4.78, 5) is 12.5. The third kappa shape index (κ3) is 3.20.